The molecule has 5 heteroatoms. The molecule has 0 spiro atoms. The first-order valence-electron chi connectivity index (χ1n) is 6.22. The molecule has 1 fully saturated rings. The fourth-order valence-corrected chi connectivity index (χ4v) is 1.74. The highest BCUT2D eigenvalue weighted by molar-refractivity contribution is 4.90. The van der Waals surface area contributed by atoms with E-state index in [4.69, 9.17) is 0 Å². The highest BCUT2D eigenvalue weighted by Gasteiger charge is 2.27. The van der Waals surface area contributed by atoms with Gasteiger partial charge < -0.3 is 5.32 Å². The lowest BCUT2D eigenvalue weighted by atomic mass is 10.0. The second-order valence-corrected chi connectivity index (χ2v) is 4.83. The Hall–Kier alpha value is -0.970. The van der Waals surface area contributed by atoms with Crippen molar-refractivity contribution in [1.29, 1.82) is 0 Å². The Morgan fingerprint density at radius 2 is 2.19 bits per heavy atom. The smallest absolute Gasteiger partial charge is 0.165 e. The van der Waals surface area contributed by atoms with E-state index in [0.717, 1.165) is 12.4 Å². The van der Waals surface area contributed by atoms with Gasteiger partial charge in [0, 0.05) is 6.04 Å². The van der Waals surface area contributed by atoms with Crippen LogP contribution in [0.15, 0.2) is 0 Å². The molecule has 0 aromatic carbocycles. The second-order valence-electron chi connectivity index (χ2n) is 4.83. The number of hydrogen-bond acceptors (Lipinski definition) is 4. The lowest BCUT2D eigenvalue weighted by Crippen LogP contribution is -2.32. The Morgan fingerprint density at radius 1 is 1.44 bits per heavy atom. The topological polar surface area (TPSA) is 55.6 Å². The number of rotatable bonds is 6. The predicted molar refractivity (Wildman–Crippen MR) is 61.8 cm³/mol. The van der Waals surface area contributed by atoms with Crippen LogP contribution in [0.3, 0.4) is 0 Å². The maximum absolute atomic E-state index is 4.07. The van der Waals surface area contributed by atoms with Gasteiger partial charge >= 0.3 is 0 Å². The van der Waals surface area contributed by atoms with E-state index in [0.29, 0.717) is 18.0 Å². The Morgan fingerprint density at radius 3 is 2.81 bits per heavy atom. The van der Waals surface area contributed by atoms with Crippen molar-refractivity contribution in [3.63, 3.8) is 0 Å². The van der Waals surface area contributed by atoms with Crippen LogP contribution in [0.5, 0.6) is 0 Å². The van der Waals surface area contributed by atoms with E-state index in [1.54, 1.807) is 0 Å². The number of aromatic nitrogens is 4. The normalized spacial score (nSPS) is 19.7. The zero-order chi connectivity index (χ0) is 11.5. The number of tetrazole rings is 1. The Bertz CT molecular complexity index is 331. The van der Waals surface area contributed by atoms with E-state index in [2.05, 4.69) is 41.6 Å². The van der Waals surface area contributed by atoms with E-state index in [9.17, 15) is 0 Å². The van der Waals surface area contributed by atoms with Crippen molar-refractivity contribution < 1.29 is 0 Å². The minimum Gasteiger partial charge on any atom is -0.307 e. The Kier molecular flexibility index (Phi) is 3.53. The summed E-state index contributed by atoms with van der Waals surface area (Å²) in [6, 6.07) is 1.07. The van der Waals surface area contributed by atoms with Crippen molar-refractivity contribution >= 4 is 0 Å². The SMILES string of the molecule is CCC(C)C(C)NCc1nnnn1C1CC1. The van der Waals surface area contributed by atoms with Gasteiger partial charge in [0.15, 0.2) is 5.82 Å². The van der Waals surface area contributed by atoms with Crippen LogP contribution < -0.4 is 5.32 Å². The van der Waals surface area contributed by atoms with Crippen LogP contribution >= 0.6 is 0 Å². The third-order valence-corrected chi connectivity index (χ3v) is 3.53. The summed E-state index contributed by atoms with van der Waals surface area (Å²) in [5.74, 6) is 1.66. The van der Waals surface area contributed by atoms with E-state index in [1.165, 1.54) is 19.3 Å². The standard InChI is InChI=1S/C11H21N5/c1-4-8(2)9(3)12-7-11-13-14-15-16(11)10-5-6-10/h8-10,12H,4-7H2,1-3H3. The third kappa shape index (κ3) is 2.58. The molecule has 0 aliphatic heterocycles. The monoisotopic (exact) mass is 223 g/mol. The van der Waals surface area contributed by atoms with Crippen molar-refractivity contribution in [3.8, 4) is 0 Å². The molecule has 1 saturated carbocycles. The van der Waals surface area contributed by atoms with E-state index in [1.807, 2.05) is 4.68 Å². The van der Waals surface area contributed by atoms with Crippen LogP contribution in [0, 0.1) is 5.92 Å². The number of nitrogens with one attached hydrogen (secondary N) is 1. The lowest BCUT2D eigenvalue weighted by molar-refractivity contribution is 0.381. The molecule has 0 radical (unpaired) electrons. The summed E-state index contributed by atoms with van der Waals surface area (Å²) < 4.78 is 1.97. The molecule has 16 heavy (non-hydrogen) atoms. The van der Waals surface area contributed by atoms with Crippen LogP contribution in [-0.2, 0) is 6.54 Å². The van der Waals surface area contributed by atoms with Crippen molar-refractivity contribution in [2.75, 3.05) is 0 Å². The van der Waals surface area contributed by atoms with Crippen LogP contribution in [0.1, 0.15) is 51.9 Å². The molecule has 1 aliphatic carbocycles. The van der Waals surface area contributed by atoms with Crippen molar-refractivity contribution in [1.82, 2.24) is 25.5 Å². The molecule has 2 atom stereocenters. The van der Waals surface area contributed by atoms with Gasteiger partial charge in [-0.3, -0.25) is 0 Å². The number of hydrogen-bond donors (Lipinski definition) is 1. The van der Waals surface area contributed by atoms with Gasteiger partial charge in [-0.15, -0.1) is 5.10 Å². The van der Waals surface area contributed by atoms with Crippen molar-refractivity contribution in [3.05, 3.63) is 5.82 Å². The van der Waals surface area contributed by atoms with Gasteiger partial charge in [-0.25, -0.2) is 4.68 Å². The van der Waals surface area contributed by atoms with Crippen molar-refractivity contribution in [2.24, 2.45) is 5.92 Å². The minimum atomic E-state index is 0.509. The summed E-state index contributed by atoms with van der Waals surface area (Å²) in [5, 5.41) is 15.4. The summed E-state index contributed by atoms with van der Waals surface area (Å²) in [7, 11) is 0. The Balaban J connectivity index is 1.86. The van der Waals surface area contributed by atoms with Crippen LogP contribution in [0.4, 0.5) is 0 Å². The summed E-state index contributed by atoms with van der Waals surface area (Å²) in [6.07, 6.45) is 3.64. The minimum absolute atomic E-state index is 0.509. The molecule has 5 nitrogen and oxygen atoms in total. The molecule has 0 saturated heterocycles. The quantitative estimate of drug-likeness (QED) is 0.794. The van der Waals surface area contributed by atoms with Crippen molar-refractivity contribution in [2.45, 2.75) is 58.7 Å². The molecular formula is C11H21N5. The van der Waals surface area contributed by atoms with Gasteiger partial charge in [0.25, 0.3) is 0 Å². The molecule has 0 bridgehead atoms. The average molecular weight is 223 g/mol. The summed E-state index contributed by atoms with van der Waals surface area (Å²) in [6.45, 7) is 7.48. The molecule has 1 aliphatic rings. The fourth-order valence-electron chi connectivity index (χ4n) is 1.74. The van der Waals surface area contributed by atoms with E-state index < -0.39 is 0 Å². The van der Waals surface area contributed by atoms with E-state index in [-0.39, 0.29) is 0 Å². The lowest BCUT2D eigenvalue weighted by Gasteiger charge is -2.19. The van der Waals surface area contributed by atoms with Crippen LogP contribution in [-0.4, -0.2) is 26.2 Å². The molecule has 1 N–H and O–H groups in total. The van der Waals surface area contributed by atoms with Gasteiger partial charge in [-0.1, -0.05) is 20.3 Å². The molecule has 1 aromatic heterocycles. The first-order valence-corrected chi connectivity index (χ1v) is 6.22. The van der Waals surface area contributed by atoms with Gasteiger partial charge in [0.05, 0.1) is 12.6 Å². The first-order chi connectivity index (χ1) is 7.72. The fraction of sp³-hybridized carbons (Fsp3) is 0.909. The highest BCUT2D eigenvalue weighted by Crippen LogP contribution is 2.34. The molecular weight excluding hydrogens is 202 g/mol. The molecule has 2 rings (SSSR count). The van der Waals surface area contributed by atoms with Crippen LogP contribution in [0.25, 0.3) is 0 Å². The van der Waals surface area contributed by atoms with E-state index >= 15 is 0 Å². The zero-order valence-electron chi connectivity index (χ0n) is 10.3. The molecule has 0 amide bonds. The Labute approximate surface area is 96.6 Å². The largest absolute Gasteiger partial charge is 0.307 e. The molecule has 2 unspecified atom stereocenters. The maximum Gasteiger partial charge on any atom is 0.165 e. The van der Waals surface area contributed by atoms with Gasteiger partial charge in [0.1, 0.15) is 0 Å². The molecule has 90 valence electrons. The predicted octanol–water partition coefficient (Wildman–Crippen LogP) is 1.53. The third-order valence-electron chi connectivity index (χ3n) is 3.53. The van der Waals surface area contributed by atoms with Gasteiger partial charge in [-0.2, -0.15) is 0 Å². The zero-order valence-corrected chi connectivity index (χ0v) is 10.3. The molecule has 1 aromatic rings. The maximum atomic E-state index is 4.07. The van der Waals surface area contributed by atoms with Crippen LogP contribution in [0.2, 0.25) is 0 Å². The second kappa shape index (κ2) is 4.91. The number of nitrogens with zero attached hydrogens (tertiary/aromatic N) is 4. The summed E-state index contributed by atoms with van der Waals surface area (Å²) >= 11 is 0. The first kappa shape index (κ1) is 11.5. The van der Waals surface area contributed by atoms with Gasteiger partial charge in [-0.05, 0) is 36.1 Å². The summed E-state index contributed by atoms with van der Waals surface area (Å²) in [4.78, 5) is 0. The average Bonchev–Trinajstić information content (AvgIpc) is 3.04. The highest BCUT2D eigenvalue weighted by atomic mass is 15.6. The van der Waals surface area contributed by atoms with Gasteiger partial charge in [0.2, 0.25) is 0 Å². The summed E-state index contributed by atoms with van der Waals surface area (Å²) in [5.41, 5.74) is 0. The molecule has 1 heterocycles.